The molecule has 3 rings (SSSR count). The van der Waals surface area contributed by atoms with Crippen molar-refractivity contribution in [3.8, 4) is 5.75 Å². The highest BCUT2D eigenvalue weighted by Crippen LogP contribution is 2.18. The average molecular weight is 474 g/mol. The topological polar surface area (TPSA) is 96.0 Å². The van der Waals surface area contributed by atoms with E-state index in [1.165, 1.54) is 4.31 Å². The van der Waals surface area contributed by atoms with Crippen LogP contribution >= 0.6 is 0 Å². The zero-order chi connectivity index (χ0) is 23.8. The summed E-state index contributed by atoms with van der Waals surface area (Å²) in [6, 6.07) is 13.5. The minimum Gasteiger partial charge on any atom is -0.494 e. The Morgan fingerprint density at radius 3 is 2.21 bits per heavy atom. The van der Waals surface area contributed by atoms with Crippen LogP contribution in [-0.2, 0) is 14.8 Å². The third-order valence-electron chi connectivity index (χ3n) is 5.53. The van der Waals surface area contributed by atoms with E-state index in [-0.39, 0.29) is 49.4 Å². The zero-order valence-corrected chi connectivity index (χ0v) is 19.9. The van der Waals surface area contributed by atoms with E-state index in [0.717, 1.165) is 18.4 Å². The largest absolute Gasteiger partial charge is 0.494 e. The molecule has 1 fully saturated rings. The van der Waals surface area contributed by atoms with Crippen molar-refractivity contribution in [1.82, 2.24) is 14.5 Å². The molecule has 9 heteroatoms. The van der Waals surface area contributed by atoms with Crippen molar-refractivity contribution in [3.63, 3.8) is 0 Å². The van der Waals surface area contributed by atoms with Gasteiger partial charge < -0.3 is 15.0 Å². The summed E-state index contributed by atoms with van der Waals surface area (Å²) in [6.07, 6.45) is 2.02. The molecule has 33 heavy (non-hydrogen) atoms. The van der Waals surface area contributed by atoms with Gasteiger partial charge in [0.05, 0.1) is 18.0 Å². The fraction of sp³-hybridized carbons (Fsp3) is 0.417. The van der Waals surface area contributed by atoms with E-state index in [2.05, 4.69) is 12.2 Å². The molecule has 0 unspecified atom stereocenters. The first-order valence-corrected chi connectivity index (χ1v) is 12.6. The summed E-state index contributed by atoms with van der Waals surface area (Å²) in [5, 5.41) is 2.64. The highest BCUT2D eigenvalue weighted by atomic mass is 32.2. The highest BCUT2D eigenvalue weighted by Gasteiger charge is 2.30. The molecule has 1 heterocycles. The number of benzene rings is 2. The van der Waals surface area contributed by atoms with Gasteiger partial charge in [-0.2, -0.15) is 4.31 Å². The molecule has 2 amide bonds. The lowest BCUT2D eigenvalue weighted by atomic mass is 10.2. The van der Waals surface area contributed by atoms with Crippen molar-refractivity contribution in [3.05, 3.63) is 59.7 Å². The Bertz CT molecular complexity index is 1040. The molecule has 1 aliphatic heterocycles. The number of carbonyl (C=O) groups is 2. The Labute approximate surface area is 195 Å². The molecule has 0 atom stereocenters. The van der Waals surface area contributed by atoms with E-state index < -0.39 is 10.0 Å². The monoisotopic (exact) mass is 473 g/mol. The first kappa shape index (κ1) is 24.7. The lowest BCUT2D eigenvalue weighted by Crippen LogP contribution is -2.52. The van der Waals surface area contributed by atoms with Crippen LogP contribution in [0.3, 0.4) is 0 Å². The second-order valence-corrected chi connectivity index (χ2v) is 9.94. The molecule has 0 aliphatic carbocycles. The number of hydrogen-bond donors (Lipinski definition) is 1. The van der Waals surface area contributed by atoms with Crippen LogP contribution in [0.1, 0.15) is 35.7 Å². The van der Waals surface area contributed by atoms with Gasteiger partial charge in [-0.3, -0.25) is 9.59 Å². The quantitative estimate of drug-likeness (QED) is 0.565. The van der Waals surface area contributed by atoms with Crippen LogP contribution < -0.4 is 10.1 Å². The number of rotatable bonds is 9. The zero-order valence-electron chi connectivity index (χ0n) is 19.1. The minimum absolute atomic E-state index is 0.141. The van der Waals surface area contributed by atoms with Gasteiger partial charge in [0.1, 0.15) is 5.75 Å². The summed E-state index contributed by atoms with van der Waals surface area (Å²) in [7, 11) is -3.59. The van der Waals surface area contributed by atoms with Crippen LogP contribution in [0, 0.1) is 6.92 Å². The van der Waals surface area contributed by atoms with Gasteiger partial charge in [0.25, 0.3) is 5.91 Å². The summed E-state index contributed by atoms with van der Waals surface area (Å²) in [4.78, 5) is 26.7. The number of ether oxygens (including phenoxy) is 1. The number of sulfonamides is 1. The van der Waals surface area contributed by atoms with Crippen LogP contribution in [-0.4, -0.2) is 68.8 Å². The summed E-state index contributed by atoms with van der Waals surface area (Å²) in [5.41, 5.74) is 1.43. The first-order chi connectivity index (χ1) is 15.8. The number of unbranched alkanes of at least 4 members (excludes halogenated alkanes) is 1. The number of piperazine rings is 1. The SMILES string of the molecule is CCCCOc1ccc(C(=O)NCC(=O)N2CCN(S(=O)(=O)c3ccc(C)cc3)CC2)cc1. The maximum Gasteiger partial charge on any atom is 0.251 e. The van der Waals surface area contributed by atoms with Crippen LogP contribution in [0.5, 0.6) is 5.75 Å². The molecule has 0 aromatic heterocycles. The Morgan fingerprint density at radius 2 is 1.61 bits per heavy atom. The van der Waals surface area contributed by atoms with Gasteiger partial charge >= 0.3 is 0 Å². The van der Waals surface area contributed by atoms with Crippen LogP contribution in [0.2, 0.25) is 0 Å². The van der Waals surface area contributed by atoms with Gasteiger partial charge in [0, 0.05) is 31.7 Å². The number of nitrogens with one attached hydrogen (secondary N) is 1. The lowest BCUT2D eigenvalue weighted by molar-refractivity contribution is -0.131. The van der Waals surface area contributed by atoms with Gasteiger partial charge in [-0.15, -0.1) is 0 Å². The molecule has 0 radical (unpaired) electrons. The lowest BCUT2D eigenvalue weighted by Gasteiger charge is -2.34. The fourth-order valence-electron chi connectivity index (χ4n) is 3.44. The van der Waals surface area contributed by atoms with Crippen molar-refractivity contribution < 1.29 is 22.7 Å². The van der Waals surface area contributed by atoms with Gasteiger partial charge in [-0.1, -0.05) is 31.0 Å². The predicted molar refractivity (Wildman–Crippen MR) is 126 cm³/mol. The highest BCUT2D eigenvalue weighted by molar-refractivity contribution is 7.89. The van der Waals surface area contributed by atoms with Crippen molar-refractivity contribution in [1.29, 1.82) is 0 Å². The summed E-state index contributed by atoms with van der Waals surface area (Å²) in [5.74, 6) is 0.119. The van der Waals surface area contributed by atoms with Crippen LogP contribution in [0.15, 0.2) is 53.4 Å². The summed E-state index contributed by atoms with van der Waals surface area (Å²) < 4.78 is 32.6. The third-order valence-corrected chi connectivity index (χ3v) is 7.45. The Kier molecular flexibility index (Phi) is 8.46. The van der Waals surface area contributed by atoms with E-state index in [9.17, 15) is 18.0 Å². The molecular formula is C24H31N3O5S. The summed E-state index contributed by atoms with van der Waals surface area (Å²) in [6.45, 7) is 5.48. The number of amides is 2. The minimum atomic E-state index is -3.59. The molecule has 1 N–H and O–H groups in total. The second kappa shape index (κ2) is 11.3. The van der Waals surface area contributed by atoms with Crippen molar-refractivity contribution in [2.45, 2.75) is 31.6 Å². The average Bonchev–Trinajstić information content (AvgIpc) is 2.83. The molecule has 178 valence electrons. The van der Waals surface area contributed by atoms with E-state index in [4.69, 9.17) is 4.74 Å². The molecule has 2 aromatic carbocycles. The smallest absolute Gasteiger partial charge is 0.251 e. The normalized spacial score (nSPS) is 14.7. The molecule has 0 spiro atoms. The second-order valence-electron chi connectivity index (χ2n) is 8.01. The molecule has 0 bridgehead atoms. The maximum absolute atomic E-state index is 12.8. The molecule has 8 nitrogen and oxygen atoms in total. The molecular weight excluding hydrogens is 442 g/mol. The number of carbonyl (C=O) groups excluding carboxylic acids is 2. The molecule has 1 saturated heterocycles. The fourth-order valence-corrected chi connectivity index (χ4v) is 4.87. The summed E-state index contributed by atoms with van der Waals surface area (Å²) >= 11 is 0. The number of nitrogens with zero attached hydrogens (tertiary/aromatic N) is 2. The molecule has 2 aromatic rings. The molecule has 0 saturated carbocycles. The number of hydrogen-bond acceptors (Lipinski definition) is 5. The maximum atomic E-state index is 12.8. The predicted octanol–water partition coefficient (Wildman–Crippen LogP) is 2.44. The van der Waals surface area contributed by atoms with Gasteiger partial charge in [-0.05, 0) is 49.7 Å². The van der Waals surface area contributed by atoms with E-state index in [1.54, 1.807) is 53.4 Å². The Balaban J connectivity index is 1.46. The van der Waals surface area contributed by atoms with Crippen LogP contribution in [0.25, 0.3) is 0 Å². The van der Waals surface area contributed by atoms with Crippen molar-refractivity contribution >= 4 is 21.8 Å². The molecule has 1 aliphatic rings. The van der Waals surface area contributed by atoms with E-state index in [1.807, 2.05) is 6.92 Å². The van der Waals surface area contributed by atoms with Gasteiger partial charge in [-0.25, -0.2) is 8.42 Å². The Morgan fingerprint density at radius 1 is 0.970 bits per heavy atom. The Hall–Kier alpha value is -2.91. The van der Waals surface area contributed by atoms with E-state index in [0.29, 0.717) is 17.9 Å². The number of aryl methyl sites for hydroxylation is 1. The van der Waals surface area contributed by atoms with Crippen molar-refractivity contribution in [2.24, 2.45) is 0 Å². The van der Waals surface area contributed by atoms with Gasteiger partial charge in [0.15, 0.2) is 0 Å². The van der Waals surface area contributed by atoms with Crippen LogP contribution in [0.4, 0.5) is 0 Å². The van der Waals surface area contributed by atoms with E-state index >= 15 is 0 Å². The van der Waals surface area contributed by atoms with Gasteiger partial charge in [0.2, 0.25) is 15.9 Å². The van der Waals surface area contributed by atoms with Crippen molar-refractivity contribution in [2.75, 3.05) is 39.3 Å². The first-order valence-electron chi connectivity index (χ1n) is 11.2. The third kappa shape index (κ3) is 6.55. The standard InChI is InChI=1S/C24H31N3O5S/c1-3-4-17-32-21-9-7-20(8-10-21)24(29)25-18-23(28)26-13-15-27(16-14-26)33(30,31)22-11-5-19(2)6-12-22/h5-12H,3-4,13-18H2,1-2H3,(H,25,29).